The largest absolute Gasteiger partial charge is 0.467 e. The van der Waals surface area contributed by atoms with Crippen LogP contribution in [-0.4, -0.2) is 25.9 Å². The molecule has 1 N–H and O–H groups in total. The van der Waals surface area contributed by atoms with E-state index in [1.165, 1.54) is 11.8 Å². The SMILES string of the molecule is Cc1ccc(-n2c(SC(C)C(=O)NCc3ccco3)nnc2-c2ccc(Cl)cc2)cc1. The van der Waals surface area contributed by atoms with E-state index < -0.39 is 0 Å². The van der Waals surface area contributed by atoms with Crippen molar-refractivity contribution in [2.24, 2.45) is 0 Å². The lowest BCUT2D eigenvalue weighted by atomic mass is 10.2. The molecule has 0 bridgehead atoms. The van der Waals surface area contributed by atoms with Gasteiger partial charge in [-0.15, -0.1) is 10.2 Å². The molecule has 1 unspecified atom stereocenters. The highest BCUT2D eigenvalue weighted by molar-refractivity contribution is 8.00. The molecule has 6 nitrogen and oxygen atoms in total. The van der Waals surface area contributed by atoms with Gasteiger partial charge in [-0.1, -0.05) is 41.1 Å². The molecular weight excluding hydrogens is 432 g/mol. The Morgan fingerprint density at radius 3 is 2.55 bits per heavy atom. The van der Waals surface area contributed by atoms with E-state index in [9.17, 15) is 4.79 Å². The van der Waals surface area contributed by atoms with Gasteiger partial charge in [0.2, 0.25) is 5.91 Å². The van der Waals surface area contributed by atoms with E-state index in [4.69, 9.17) is 16.0 Å². The number of carbonyl (C=O) groups excluding carboxylic acids is 1. The second-order valence-electron chi connectivity index (χ2n) is 7.04. The summed E-state index contributed by atoms with van der Waals surface area (Å²) in [5, 5.41) is 12.6. The third-order valence-electron chi connectivity index (χ3n) is 4.70. The van der Waals surface area contributed by atoms with Crippen LogP contribution < -0.4 is 5.32 Å². The first kappa shape index (κ1) is 21.2. The van der Waals surface area contributed by atoms with Gasteiger partial charge in [-0.25, -0.2) is 0 Å². The summed E-state index contributed by atoms with van der Waals surface area (Å²) in [7, 11) is 0. The Balaban J connectivity index is 1.61. The molecule has 0 aliphatic heterocycles. The van der Waals surface area contributed by atoms with Crippen molar-refractivity contribution >= 4 is 29.3 Å². The summed E-state index contributed by atoms with van der Waals surface area (Å²) in [6.07, 6.45) is 1.59. The van der Waals surface area contributed by atoms with Crippen LogP contribution in [0.3, 0.4) is 0 Å². The Kier molecular flexibility index (Phi) is 6.44. The highest BCUT2D eigenvalue weighted by Gasteiger charge is 2.22. The minimum atomic E-state index is -0.374. The zero-order valence-corrected chi connectivity index (χ0v) is 18.7. The molecule has 158 valence electrons. The number of amides is 1. The maximum Gasteiger partial charge on any atom is 0.233 e. The van der Waals surface area contributed by atoms with E-state index in [0.29, 0.717) is 28.3 Å². The molecule has 1 amide bonds. The van der Waals surface area contributed by atoms with Crippen LogP contribution in [0.2, 0.25) is 5.02 Å². The van der Waals surface area contributed by atoms with Gasteiger partial charge in [0.1, 0.15) is 5.76 Å². The van der Waals surface area contributed by atoms with Crippen LogP contribution >= 0.6 is 23.4 Å². The topological polar surface area (TPSA) is 73.0 Å². The Hall–Kier alpha value is -3.03. The second-order valence-corrected chi connectivity index (χ2v) is 8.79. The molecule has 8 heteroatoms. The number of furan rings is 1. The first-order chi connectivity index (χ1) is 15.0. The van der Waals surface area contributed by atoms with E-state index in [0.717, 1.165) is 16.8 Å². The number of thioether (sulfide) groups is 1. The number of aryl methyl sites for hydroxylation is 1. The van der Waals surface area contributed by atoms with Crippen LogP contribution in [0.4, 0.5) is 0 Å². The molecule has 0 radical (unpaired) electrons. The molecule has 0 saturated carbocycles. The first-order valence-electron chi connectivity index (χ1n) is 9.76. The Labute approximate surface area is 189 Å². The molecule has 4 rings (SSSR count). The third kappa shape index (κ3) is 5.00. The summed E-state index contributed by atoms with van der Waals surface area (Å²) in [6.45, 7) is 4.23. The minimum absolute atomic E-state index is 0.104. The van der Waals surface area contributed by atoms with E-state index in [1.807, 2.05) is 73.0 Å². The van der Waals surface area contributed by atoms with Gasteiger partial charge in [0, 0.05) is 16.3 Å². The number of halogens is 1. The van der Waals surface area contributed by atoms with E-state index in [2.05, 4.69) is 15.5 Å². The van der Waals surface area contributed by atoms with Crippen LogP contribution in [-0.2, 0) is 11.3 Å². The van der Waals surface area contributed by atoms with Crippen LogP contribution in [0.5, 0.6) is 0 Å². The van der Waals surface area contributed by atoms with Crippen molar-refractivity contribution in [1.29, 1.82) is 0 Å². The second kappa shape index (κ2) is 9.41. The van der Waals surface area contributed by atoms with Gasteiger partial charge in [0.15, 0.2) is 11.0 Å². The van der Waals surface area contributed by atoms with Gasteiger partial charge in [-0.2, -0.15) is 0 Å². The van der Waals surface area contributed by atoms with Crippen molar-refractivity contribution in [3.8, 4) is 17.1 Å². The molecule has 0 spiro atoms. The lowest BCUT2D eigenvalue weighted by Crippen LogP contribution is -2.30. The third-order valence-corrected chi connectivity index (χ3v) is 5.99. The summed E-state index contributed by atoms with van der Waals surface area (Å²) in [6, 6.07) is 19.2. The summed E-state index contributed by atoms with van der Waals surface area (Å²) in [4.78, 5) is 12.6. The van der Waals surface area contributed by atoms with Crippen molar-refractivity contribution in [3.05, 3.63) is 83.3 Å². The van der Waals surface area contributed by atoms with Gasteiger partial charge in [-0.05, 0) is 62.4 Å². The number of rotatable bonds is 7. The van der Waals surface area contributed by atoms with Gasteiger partial charge >= 0.3 is 0 Å². The molecule has 0 aliphatic carbocycles. The van der Waals surface area contributed by atoms with Crippen molar-refractivity contribution in [1.82, 2.24) is 20.1 Å². The number of hydrogen-bond acceptors (Lipinski definition) is 5. The molecule has 2 aromatic heterocycles. The average Bonchev–Trinajstić information content (AvgIpc) is 3.43. The van der Waals surface area contributed by atoms with E-state index >= 15 is 0 Å². The highest BCUT2D eigenvalue weighted by Crippen LogP contribution is 2.31. The zero-order valence-electron chi connectivity index (χ0n) is 17.1. The van der Waals surface area contributed by atoms with Gasteiger partial charge in [0.05, 0.1) is 18.1 Å². The fourth-order valence-corrected chi connectivity index (χ4v) is 4.02. The smallest absolute Gasteiger partial charge is 0.233 e. The van der Waals surface area contributed by atoms with E-state index in [-0.39, 0.29) is 11.2 Å². The number of nitrogens with zero attached hydrogens (tertiary/aromatic N) is 3. The Morgan fingerprint density at radius 2 is 1.87 bits per heavy atom. The molecular formula is C23H21ClN4O2S. The molecule has 1 atom stereocenters. The van der Waals surface area contributed by atoms with Crippen LogP contribution in [0.25, 0.3) is 17.1 Å². The summed E-state index contributed by atoms with van der Waals surface area (Å²) in [5.74, 6) is 1.29. The minimum Gasteiger partial charge on any atom is -0.467 e. The maximum atomic E-state index is 12.6. The first-order valence-corrected chi connectivity index (χ1v) is 11.0. The molecule has 0 fully saturated rings. The standard InChI is InChI=1S/C23H21ClN4O2S/c1-15-5-11-19(12-6-15)28-21(17-7-9-18(24)10-8-17)26-27-23(28)31-16(2)22(29)25-14-20-4-3-13-30-20/h3-13,16H,14H2,1-2H3,(H,25,29). The van der Waals surface area contributed by atoms with Gasteiger partial charge < -0.3 is 9.73 Å². The predicted molar refractivity (Wildman–Crippen MR) is 122 cm³/mol. The predicted octanol–water partition coefficient (Wildman–Crippen LogP) is 5.29. The lowest BCUT2D eigenvalue weighted by molar-refractivity contribution is -0.120. The van der Waals surface area contributed by atoms with Crippen molar-refractivity contribution in [2.75, 3.05) is 0 Å². The monoisotopic (exact) mass is 452 g/mol. The van der Waals surface area contributed by atoms with Gasteiger partial charge in [-0.3, -0.25) is 9.36 Å². The number of aromatic nitrogens is 3. The molecule has 0 aliphatic rings. The molecule has 4 aromatic rings. The summed E-state index contributed by atoms with van der Waals surface area (Å²) < 4.78 is 7.23. The van der Waals surface area contributed by atoms with E-state index in [1.54, 1.807) is 12.3 Å². The average molecular weight is 453 g/mol. The zero-order chi connectivity index (χ0) is 21.8. The van der Waals surface area contributed by atoms with Crippen LogP contribution in [0, 0.1) is 6.92 Å². The molecule has 2 aromatic carbocycles. The number of benzene rings is 2. The highest BCUT2D eigenvalue weighted by atomic mass is 35.5. The normalized spacial score (nSPS) is 12.0. The van der Waals surface area contributed by atoms with Gasteiger partial charge in [0.25, 0.3) is 0 Å². The Morgan fingerprint density at radius 1 is 1.13 bits per heavy atom. The summed E-state index contributed by atoms with van der Waals surface area (Å²) >= 11 is 7.40. The van der Waals surface area contributed by atoms with Crippen LogP contribution in [0.15, 0.2) is 76.5 Å². The number of hydrogen-bond donors (Lipinski definition) is 1. The maximum absolute atomic E-state index is 12.6. The van der Waals surface area contributed by atoms with Crippen molar-refractivity contribution in [3.63, 3.8) is 0 Å². The Bertz CT molecular complexity index is 1160. The lowest BCUT2D eigenvalue weighted by Gasteiger charge is -2.14. The number of nitrogens with one attached hydrogen (secondary N) is 1. The molecule has 31 heavy (non-hydrogen) atoms. The van der Waals surface area contributed by atoms with Crippen LogP contribution in [0.1, 0.15) is 18.2 Å². The molecule has 2 heterocycles. The molecule has 0 saturated heterocycles. The fraction of sp³-hybridized carbons (Fsp3) is 0.174. The summed E-state index contributed by atoms with van der Waals surface area (Å²) in [5.41, 5.74) is 2.97. The fourth-order valence-electron chi connectivity index (χ4n) is 3.00. The van der Waals surface area contributed by atoms with Crippen molar-refractivity contribution in [2.45, 2.75) is 30.8 Å². The number of carbonyl (C=O) groups is 1. The van der Waals surface area contributed by atoms with Crippen molar-refractivity contribution < 1.29 is 9.21 Å². The quantitative estimate of drug-likeness (QED) is 0.386.